The zero-order valence-corrected chi connectivity index (χ0v) is 16.2. The Morgan fingerprint density at radius 3 is 2.00 bits per heavy atom. The van der Waals surface area contributed by atoms with Crippen LogP contribution in [0.25, 0.3) is 0 Å². The van der Waals surface area contributed by atoms with Crippen LogP contribution in [0, 0.1) is 42.2 Å². The largest absolute Gasteiger partial charge is 0.490 e. The van der Waals surface area contributed by atoms with Gasteiger partial charge in [-0.15, -0.1) is 0 Å². The molecule has 0 N–H and O–H groups in total. The molecule has 1 aromatic carbocycles. The highest BCUT2D eigenvalue weighted by atomic mass is 28.1. The van der Waals surface area contributed by atoms with Crippen molar-refractivity contribution in [2.45, 2.75) is 64.3 Å². The van der Waals surface area contributed by atoms with Crippen LogP contribution in [-0.4, -0.2) is 16.8 Å². The monoisotopic (exact) mass is 363 g/mol. The van der Waals surface area contributed by atoms with E-state index in [9.17, 15) is 8.78 Å². The minimum atomic E-state index is -0.850. The van der Waals surface area contributed by atoms with Crippen LogP contribution in [0.2, 0.25) is 6.04 Å². The molecule has 0 aliphatic heterocycles. The van der Waals surface area contributed by atoms with Crippen molar-refractivity contribution in [3.8, 4) is 5.75 Å². The van der Waals surface area contributed by atoms with Crippen LogP contribution in [0.5, 0.6) is 5.75 Å². The zero-order valence-electron chi connectivity index (χ0n) is 15.2. The van der Waals surface area contributed by atoms with E-state index >= 15 is 0 Å². The molecule has 2 fully saturated rings. The van der Waals surface area contributed by atoms with E-state index in [4.69, 9.17) is 4.74 Å². The van der Waals surface area contributed by atoms with Crippen molar-refractivity contribution in [1.82, 2.24) is 0 Å². The Bertz CT molecular complexity index is 561. The third-order valence-corrected chi connectivity index (χ3v) is 7.03. The topological polar surface area (TPSA) is 9.23 Å². The van der Waals surface area contributed by atoms with E-state index in [1.54, 1.807) is 19.1 Å². The molecule has 3 rings (SSSR count). The maximum Gasteiger partial charge on any atom is 0.200 e. The lowest BCUT2D eigenvalue weighted by atomic mass is 9.69. The molecule has 0 saturated heterocycles. The highest BCUT2D eigenvalue weighted by molar-refractivity contribution is 6.08. The Morgan fingerprint density at radius 2 is 1.44 bits per heavy atom. The van der Waals surface area contributed by atoms with Crippen LogP contribution in [0.1, 0.15) is 56.9 Å². The lowest BCUT2D eigenvalue weighted by molar-refractivity contribution is 0.124. The van der Waals surface area contributed by atoms with E-state index in [1.807, 2.05) is 0 Å². The Labute approximate surface area is 154 Å². The van der Waals surface area contributed by atoms with Crippen molar-refractivity contribution in [3.63, 3.8) is 0 Å². The molecule has 2 saturated carbocycles. The fraction of sp³-hybridized carbons (Fsp3) is 0.714. The number of hydrogen-bond donors (Lipinski definition) is 0. The number of rotatable bonds is 5. The highest BCUT2D eigenvalue weighted by Gasteiger charge is 2.30. The van der Waals surface area contributed by atoms with Crippen LogP contribution < -0.4 is 4.74 Å². The summed E-state index contributed by atoms with van der Waals surface area (Å²) in [6.07, 6.45) is 10.3. The van der Waals surface area contributed by atoms with Crippen LogP contribution in [0.4, 0.5) is 8.78 Å². The first-order valence-electron chi connectivity index (χ1n) is 9.80. The second-order valence-corrected chi connectivity index (χ2v) is 8.49. The quantitative estimate of drug-likeness (QED) is 0.596. The van der Waals surface area contributed by atoms with Crippen molar-refractivity contribution >= 4 is 10.2 Å². The number of aryl methyl sites for hydroxylation is 1. The van der Waals surface area contributed by atoms with E-state index < -0.39 is 11.6 Å². The number of ether oxygens (including phenoxy) is 1. The van der Waals surface area contributed by atoms with Gasteiger partial charge in [0.2, 0.25) is 5.82 Å². The molecule has 0 aromatic heterocycles. The standard InChI is InChI=1S/C21H29F2OSi/c1-14-2-11-19(21(23)20(14)22)24-12-15-3-7-17(8-4-15)18-9-5-16(13-25)6-10-18/h2,11,15-18H,3-10,12-13H2,1H3. The maximum absolute atomic E-state index is 13.9. The smallest absolute Gasteiger partial charge is 0.200 e. The van der Waals surface area contributed by atoms with Crippen molar-refractivity contribution in [2.24, 2.45) is 23.7 Å². The first-order chi connectivity index (χ1) is 12.1. The summed E-state index contributed by atoms with van der Waals surface area (Å²) in [6.45, 7) is 2.07. The predicted octanol–water partition coefficient (Wildman–Crippen LogP) is 5.85. The van der Waals surface area contributed by atoms with Crippen LogP contribution in [0.3, 0.4) is 0 Å². The summed E-state index contributed by atoms with van der Waals surface area (Å²) >= 11 is 0. The fourth-order valence-corrected chi connectivity index (χ4v) is 5.05. The zero-order chi connectivity index (χ0) is 17.8. The van der Waals surface area contributed by atoms with Crippen LogP contribution >= 0.6 is 0 Å². The van der Waals surface area contributed by atoms with Gasteiger partial charge in [0.1, 0.15) is 0 Å². The number of hydrogen-bond acceptors (Lipinski definition) is 1. The summed E-state index contributed by atoms with van der Waals surface area (Å²) in [4.78, 5) is 0. The minimum Gasteiger partial charge on any atom is -0.490 e. The van der Waals surface area contributed by atoms with Gasteiger partial charge in [0, 0.05) is 10.2 Å². The van der Waals surface area contributed by atoms with Crippen LogP contribution in [0.15, 0.2) is 12.1 Å². The third-order valence-electron chi connectivity index (χ3n) is 6.45. The van der Waals surface area contributed by atoms with Crippen LogP contribution in [-0.2, 0) is 0 Å². The summed E-state index contributed by atoms with van der Waals surface area (Å²) in [5.41, 5.74) is 0.319. The molecule has 2 aliphatic rings. The molecule has 1 nitrogen and oxygen atoms in total. The van der Waals surface area contributed by atoms with Gasteiger partial charge in [0.15, 0.2) is 11.6 Å². The van der Waals surface area contributed by atoms with Gasteiger partial charge in [-0.1, -0.05) is 25.0 Å². The van der Waals surface area contributed by atoms with Crippen molar-refractivity contribution in [2.75, 3.05) is 6.61 Å². The van der Waals surface area contributed by atoms with Gasteiger partial charge in [0.05, 0.1) is 6.61 Å². The van der Waals surface area contributed by atoms with Gasteiger partial charge in [-0.3, -0.25) is 0 Å². The Hall–Kier alpha value is -0.903. The van der Waals surface area contributed by atoms with E-state index in [0.29, 0.717) is 18.1 Å². The first-order valence-corrected chi connectivity index (χ1v) is 10.5. The lowest BCUT2D eigenvalue weighted by Crippen LogP contribution is -2.27. The van der Waals surface area contributed by atoms with Gasteiger partial charge < -0.3 is 4.74 Å². The van der Waals surface area contributed by atoms with Gasteiger partial charge in [-0.05, 0) is 80.8 Å². The molecule has 0 unspecified atom stereocenters. The average Bonchev–Trinajstić information content (AvgIpc) is 2.66. The van der Waals surface area contributed by atoms with E-state index in [0.717, 1.165) is 36.6 Å². The molecule has 0 spiro atoms. The first kappa shape index (κ1) is 18.9. The highest BCUT2D eigenvalue weighted by Crippen LogP contribution is 2.42. The van der Waals surface area contributed by atoms with Crippen molar-refractivity contribution < 1.29 is 13.5 Å². The third kappa shape index (κ3) is 4.63. The average molecular weight is 364 g/mol. The number of benzene rings is 1. The minimum absolute atomic E-state index is 0.0538. The molecule has 0 heterocycles. The number of halogens is 2. The van der Waals surface area contributed by atoms with Gasteiger partial charge in [0.25, 0.3) is 0 Å². The summed E-state index contributed by atoms with van der Waals surface area (Å²) in [7, 11) is 3.67. The molecule has 4 heteroatoms. The fourth-order valence-electron chi connectivity index (χ4n) is 4.64. The summed E-state index contributed by atoms with van der Waals surface area (Å²) in [5, 5.41) is 0. The Balaban J connectivity index is 1.43. The molecular formula is C21H29F2OSi. The van der Waals surface area contributed by atoms with Crippen molar-refractivity contribution in [1.29, 1.82) is 0 Å². The van der Waals surface area contributed by atoms with Gasteiger partial charge >= 0.3 is 0 Å². The van der Waals surface area contributed by atoms with E-state index in [1.165, 1.54) is 38.5 Å². The van der Waals surface area contributed by atoms with Gasteiger partial charge in [-0.25, -0.2) is 4.39 Å². The van der Waals surface area contributed by atoms with E-state index in [-0.39, 0.29) is 5.75 Å². The molecule has 2 aliphatic carbocycles. The normalized spacial score (nSPS) is 30.2. The summed E-state index contributed by atoms with van der Waals surface area (Å²) in [6, 6.07) is 4.27. The molecule has 137 valence electrons. The maximum atomic E-state index is 13.9. The second kappa shape index (κ2) is 8.66. The molecule has 0 amide bonds. The predicted molar refractivity (Wildman–Crippen MR) is 98.0 cm³/mol. The molecule has 0 bridgehead atoms. The summed E-state index contributed by atoms with van der Waals surface area (Å²) < 4.78 is 33.1. The molecule has 1 aromatic rings. The molecule has 3 radical (unpaired) electrons. The SMILES string of the molecule is Cc1ccc(OCC2CCC(C3CCC(C[Si])CC3)CC2)c(F)c1F. The molecular weight excluding hydrogens is 334 g/mol. The van der Waals surface area contributed by atoms with Gasteiger partial charge in [-0.2, -0.15) is 4.39 Å². The molecule has 0 atom stereocenters. The Morgan fingerprint density at radius 1 is 0.880 bits per heavy atom. The van der Waals surface area contributed by atoms with E-state index in [2.05, 4.69) is 10.2 Å². The Kier molecular flexibility index (Phi) is 6.53. The second-order valence-electron chi connectivity index (χ2n) is 8.09. The lowest BCUT2D eigenvalue weighted by Gasteiger charge is -2.37. The molecule has 25 heavy (non-hydrogen) atoms. The van der Waals surface area contributed by atoms with Crippen molar-refractivity contribution in [3.05, 3.63) is 29.3 Å². The summed E-state index contributed by atoms with van der Waals surface area (Å²) in [5.74, 6) is 1.52.